The van der Waals surface area contributed by atoms with E-state index in [0.29, 0.717) is 6.42 Å². The maximum atomic E-state index is 13.1. The van der Waals surface area contributed by atoms with E-state index in [2.05, 4.69) is 60.1 Å². The first-order valence-corrected chi connectivity index (χ1v) is 12.4. The minimum atomic E-state index is -0.0311. The van der Waals surface area contributed by atoms with Gasteiger partial charge in [-0.2, -0.15) is 0 Å². The van der Waals surface area contributed by atoms with Crippen molar-refractivity contribution in [2.45, 2.75) is 26.7 Å². The predicted molar refractivity (Wildman–Crippen MR) is 134 cm³/mol. The summed E-state index contributed by atoms with van der Waals surface area (Å²) in [5.74, 6) is 0.276. The maximum Gasteiger partial charge on any atom is 0.173 e. The van der Waals surface area contributed by atoms with Gasteiger partial charge in [-0.05, 0) is 52.6 Å². The van der Waals surface area contributed by atoms with Crippen LogP contribution in [0.25, 0.3) is 33.3 Å². The van der Waals surface area contributed by atoms with Crippen LogP contribution in [-0.4, -0.2) is 42.1 Å². The number of ketones is 1. The Morgan fingerprint density at radius 2 is 1.91 bits per heavy atom. The molecule has 0 bridgehead atoms. The quantitative estimate of drug-likeness (QED) is 0.413. The molecule has 2 aliphatic rings. The topological polar surface area (TPSA) is 58.2 Å². The molecule has 0 unspecified atom stereocenters. The number of hydrogen-bond donors (Lipinski definition) is 1. The number of H-pyrrole nitrogens is 1. The summed E-state index contributed by atoms with van der Waals surface area (Å²) >= 11 is 1.67. The molecule has 6 rings (SSSR count). The molecule has 1 aliphatic heterocycles. The number of nitrogens with zero attached hydrogens (tertiary/aromatic N) is 2. The molecule has 3 aromatic heterocycles. The van der Waals surface area contributed by atoms with Crippen LogP contribution in [0.3, 0.4) is 0 Å². The smallest absolute Gasteiger partial charge is 0.173 e. The second-order valence-electron chi connectivity index (χ2n) is 9.84. The highest BCUT2D eigenvalue weighted by Gasteiger charge is 2.37. The third kappa shape index (κ3) is 3.67. The highest BCUT2D eigenvalue weighted by molar-refractivity contribution is 7.19. The van der Waals surface area contributed by atoms with Gasteiger partial charge in [-0.3, -0.25) is 9.78 Å². The van der Waals surface area contributed by atoms with E-state index in [4.69, 9.17) is 9.72 Å². The van der Waals surface area contributed by atoms with Crippen LogP contribution in [0.2, 0.25) is 0 Å². The van der Waals surface area contributed by atoms with Crippen LogP contribution in [0.1, 0.15) is 35.5 Å². The van der Waals surface area contributed by atoms with E-state index in [0.717, 1.165) is 59.9 Å². The van der Waals surface area contributed by atoms with Crippen molar-refractivity contribution in [1.82, 2.24) is 9.97 Å². The van der Waals surface area contributed by atoms with Crippen molar-refractivity contribution >= 4 is 33.0 Å². The van der Waals surface area contributed by atoms with Gasteiger partial charge in [0.25, 0.3) is 0 Å². The number of carbonyl (C=O) groups is 1. The lowest BCUT2D eigenvalue weighted by Crippen LogP contribution is -2.36. The summed E-state index contributed by atoms with van der Waals surface area (Å²) in [6, 6.07) is 12.8. The molecule has 1 aromatic carbocycles. The maximum absolute atomic E-state index is 13.1. The molecule has 0 radical (unpaired) electrons. The van der Waals surface area contributed by atoms with Crippen molar-refractivity contribution < 1.29 is 9.53 Å². The first-order valence-electron chi connectivity index (χ1n) is 11.5. The lowest BCUT2D eigenvalue weighted by Gasteiger charge is -2.30. The zero-order valence-corrected chi connectivity index (χ0v) is 19.8. The fourth-order valence-corrected chi connectivity index (χ4v) is 6.47. The number of pyridine rings is 1. The molecule has 0 atom stereocenters. The predicted octanol–water partition coefficient (Wildman–Crippen LogP) is 5.95. The van der Waals surface area contributed by atoms with Gasteiger partial charge in [0.15, 0.2) is 5.78 Å². The second kappa shape index (κ2) is 7.82. The Morgan fingerprint density at radius 1 is 1.06 bits per heavy atom. The lowest BCUT2D eigenvalue weighted by molar-refractivity contribution is 0.0918. The first-order chi connectivity index (χ1) is 16.0. The number of benzene rings is 1. The third-order valence-electron chi connectivity index (χ3n) is 6.73. The Balaban J connectivity index is 1.51. The summed E-state index contributed by atoms with van der Waals surface area (Å²) in [4.78, 5) is 24.5. The Hall–Kier alpha value is -2.96. The van der Waals surface area contributed by atoms with E-state index in [-0.39, 0.29) is 11.2 Å². The number of aromatic amines is 1. The number of thiophene rings is 1. The highest BCUT2D eigenvalue weighted by atomic mass is 32.1. The molecule has 5 nitrogen and oxygen atoms in total. The van der Waals surface area contributed by atoms with Crippen molar-refractivity contribution in [2.75, 3.05) is 31.2 Å². The number of aromatic nitrogens is 2. The summed E-state index contributed by atoms with van der Waals surface area (Å²) in [5.41, 5.74) is 6.65. The monoisotopic (exact) mass is 457 g/mol. The lowest BCUT2D eigenvalue weighted by atomic mass is 9.75. The molecule has 0 spiro atoms. The largest absolute Gasteiger partial charge is 0.378 e. The zero-order chi connectivity index (χ0) is 22.6. The number of fused-ring (bicyclic) bond motifs is 2. The number of rotatable bonds is 3. The summed E-state index contributed by atoms with van der Waals surface area (Å²) in [6.07, 6.45) is 5.38. The third-order valence-corrected chi connectivity index (χ3v) is 8.07. The van der Waals surface area contributed by atoms with E-state index in [1.54, 1.807) is 11.3 Å². The molecular formula is C27H27N3O2S. The summed E-state index contributed by atoms with van der Waals surface area (Å²) < 4.78 is 5.61. The SMILES string of the molecule is CC1(C)CC(=O)c2sc(N3CCOCC3)c(-c3ccnc(-c4ccc5cc[nH]c5c4)c3)c2C1. The number of ether oxygens (including phenoxy) is 1. The van der Waals surface area contributed by atoms with E-state index >= 15 is 0 Å². The summed E-state index contributed by atoms with van der Waals surface area (Å²) in [6.45, 7) is 7.55. The van der Waals surface area contributed by atoms with Crippen molar-refractivity contribution in [3.05, 3.63) is 59.2 Å². The van der Waals surface area contributed by atoms with Gasteiger partial charge in [0.2, 0.25) is 0 Å². The van der Waals surface area contributed by atoms with Gasteiger partial charge >= 0.3 is 0 Å². The molecule has 0 amide bonds. The zero-order valence-electron chi connectivity index (χ0n) is 19.0. The standard InChI is InChI=1S/C27H27N3O2S/c1-27(2)15-20-24(26(30-9-11-32-12-10-30)33-25(20)23(31)16-27)19-6-8-29-22(14-19)18-4-3-17-5-7-28-21(17)13-18/h3-8,13-14,28H,9-12,15-16H2,1-2H3. The van der Waals surface area contributed by atoms with Gasteiger partial charge in [0.1, 0.15) is 0 Å². The fraction of sp³-hybridized carbons (Fsp3) is 0.333. The molecule has 33 heavy (non-hydrogen) atoms. The van der Waals surface area contributed by atoms with E-state index in [1.807, 2.05) is 12.4 Å². The fourth-order valence-electron chi connectivity index (χ4n) is 5.14. The summed E-state index contributed by atoms with van der Waals surface area (Å²) in [5, 5.41) is 2.39. The number of anilines is 1. The van der Waals surface area contributed by atoms with Gasteiger partial charge in [-0.15, -0.1) is 11.3 Å². The molecule has 4 heterocycles. The number of nitrogens with one attached hydrogen (secondary N) is 1. The van der Waals surface area contributed by atoms with Crippen molar-refractivity contribution in [2.24, 2.45) is 5.41 Å². The molecule has 4 aromatic rings. The molecule has 1 aliphatic carbocycles. The van der Waals surface area contributed by atoms with Crippen LogP contribution in [0.4, 0.5) is 5.00 Å². The van der Waals surface area contributed by atoms with Crippen LogP contribution in [0.15, 0.2) is 48.8 Å². The Morgan fingerprint density at radius 3 is 2.76 bits per heavy atom. The van der Waals surface area contributed by atoms with Gasteiger partial charge < -0.3 is 14.6 Å². The molecule has 168 valence electrons. The van der Waals surface area contributed by atoms with Crippen molar-refractivity contribution in [1.29, 1.82) is 0 Å². The number of morpholine rings is 1. The van der Waals surface area contributed by atoms with Crippen LogP contribution < -0.4 is 4.90 Å². The van der Waals surface area contributed by atoms with Gasteiger partial charge in [0.05, 0.1) is 28.8 Å². The van der Waals surface area contributed by atoms with E-state index in [1.165, 1.54) is 21.5 Å². The van der Waals surface area contributed by atoms with E-state index < -0.39 is 0 Å². The molecular weight excluding hydrogens is 430 g/mol. The molecule has 1 fully saturated rings. The van der Waals surface area contributed by atoms with Crippen LogP contribution in [0.5, 0.6) is 0 Å². The molecule has 1 N–H and O–H groups in total. The second-order valence-corrected chi connectivity index (χ2v) is 10.8. The van der Waals surface area contributed by atoms with Gasteiger partial charge in [0, 0.05) is 48.5 Å². The van der Waals surface area contributed by atoms with Gasteiger partial charge in [-0.25, -0.2) is 0 Å². The van der Waals surface area contributed by atoms with Gasteiger partial charge in [-0.1, -0.05) is 26.0 Å². The molecule has 6 heteroatoms. The van der Waals surface area contributed by atoms with Crippen LogP contribution in [-0.2, 0) is 11.2 Å². The minimum absolute atomic E-state index is 0.0311. The Bertz CT molecular complexity index is 1360. The van der Waals surface area contributed by atoms with Crippen LogP contribution in [0, 0.1) is 5.41 Å². The Labute approximate surface area is 197 Å². The van der Waals surface area contributed by atoms with Crippen LogP contribution >= 0.6 is 11.3 Å². The summed E-state index contributed by atoms with van der Waals surface area (Å²) in [7, 11) is 0. The number of Topliss-reactive ketones (excluding diaryl/α,β-unsaturated/α-hetero) is 1. The molecule has 0 saturated carbocycles. The molecule has 1 saturated heterocycles. The minimum Gasteiger partial charge on any atom is -0.378 e. The normalized spacial score (nSPS) is 18.0. The van der Waals surface area contributed by atoms with E-state index in [9.17, 15) is 4.79 Å². The van der Waals surface area contributed by atoms with Crippen molar-refractivity contribution in [3.63, 3.8) is 0 Å². The number of hydrogen-bond acceptors (Lipinski definition) is 5. The Kier molecular flexibility index (Phi) is 4.89. The first kappa shape index (κ1) is 20.6. The van der Waals surface area contributed by atoms with Crippen molar-refractivity contribution in [3.8, 4) is 22.4 Å². The average Bonchev–Trinajstić information content (AvgIpc) is 3.43. The average molecular weight is 458 g/mol. The number of carbonyl (C=O) groups excluding carboxylic acids is 1. The highest BCUT2D eigenvalue weighted by Crippen LogP contribution is 2.49.